The van der Waals surface area contributed by atoms with E-state index in [9.17, 15) is 4.79 Å². The lowest BCUT2D eigenvalue weighted by atomic mass is 10.0. The monoisotopic (exact) mass is 349 g/mol. The molecule has 0 saturated heterocycles. The summed E-state index contributed by atoms with van der Waals surface area (Å²) in [4.78, 5) is 23.0. The first-order chi connectivity index (χ1) is 13.3. The van der Waals surface area contributed by atoms with E-state index in [-0.39, 0.29) is 5.56 Å². The zero-order valence-corrected chi connectivity index (χ0v) is 14.4. The summed E-state index contributed by atoms with van der Waals surface area (Å²) in [5.41, 5.74) is 4.36. The minimum atomic E-state index is -0.112. The number of fused-ring (bicyclic) bond motifs is 3. The van der Waals surface area contributed by atoms with Gasteiger partial charge in [-0.2, -0.15) is 0 Å². The Hall–Kier alpha value is -3.79. The molecule has 128 valence electrons. The lowest BCUT2D eigenvalue weighted by Crippen LogP contribution is -2.17. The fraction of sp³-hybridized carbons (Fsp3) is 0. The van der Waals surface area contributed by atoms with Crippen LogP contribution >= 0.6 is 0 Å². The van der Waals surface area contributed by atoms with Gasteiger partial charge < -0.3 is 0 Å². The van der Waals surface area contributed by atoms with Crippen molar-refractivity contribution in [2.24, 2.45) is 0 Å². The molecule has 4 heteroatoms. The summed E-state index contributed by atoms with van der Waals surface area (Å²) in [5, 5.41) is 0. The van der Waals surface area contributed by atoms with Crippen molar-refractivity contribution in [2.75, 3.05) is 0 Å². The second-order valence-electron chi connectivity index (χ2n) is 6.30. The van der Waals surface area contributed by atoms with Gasteiger partial charge in [0, 0.05) is 5.56 Å². The van der Waals surface area contributed by atoms with Crippen LogP contribution < -0.4 is 5.56 Å². The first-order valence-electron chi connectivity index (χ1n) is 8.75. The molecule has 5 aromatic rings. The third-order valence-corrected chi connectivity index (χ3v) is 4.63. The molecule has 0 spiro atoms. The molecule has 0 aliphatic carbocycles. The SMILES string of the molecule is O=c1c(-c2ccccc2)c(-c2ccccc2)nc2nc3cccccc3n12. The Labute approximate surface area is 155 Å². The van der Waals surface area contributed by atoms with Gasteiger partial charge in [0.1, 0.15) is 0 Å². The van der Waals surface area contributed by atoms with Crippen LogP contribution in [0.4, 0.5) is 0 Å². The van der Waals surface area contributed by atoms with Gasteiger partial charge in [0.05, 0.1) is 22.3 Å². The summed E-state index contributed by atoms with van der Waals surface area (Å²) in [6, 6.07) is 29.0. The van der Waals surface area contributed by atoms with Crippen LogP contribution in [0.25, 0.3) is 39.2 Å². The molecule has 3 aromatic carbocycles. The van der Waals surface area contributed by atoms with Gasteiger partial charge in [-0.3, -0.25) is 4.79 Å². The molecule has 0 radical (unpaired) electrons. The second-order valence-corrected chi connectivity index (χ2v) is 6.30. The average Bonchev–Trinajstić information content (AvgIpc) is 2.91. The Morgan fingerprint density at radius 1 is 0.630 bits per heavy atom. The molecule has 5 rings (SSSR count). The van der Waals surface area contributed by atoms with Gasteiger partial charge in [-0.1, -0.05) is 78.9 Å². The van der Waals surface area contributed by atoms with Gasteiger partial charge in [0.2, 0.25) is 5.78 Å². The molecule has 4 nitrogen and oxygen atoms in total. The molecule has 0 saturated carbocycles. The topological polar surface area (TPSA) is 47.3 Å². The maximum atomic E-state index is 13.6. The van der Waals surface area contributed by atoms with E-state index in [1.165, 1.54) is 0 Å². The van der Waals surface area contributed by atoms with Crippen molar-refractivity contribution < 1.29 is 0 Å². The molecule has 0 fully saturated rings. The van der Waals surface area contributed by atoms with Crippen molar-refractivity contribution in [3.63, 3.8) is 0 Å². The summed E-state index contributed by atoms with van der Waals surface area (Å²) in [7, 11) is 0. The minimum absolute atomic E-state index is 0.112. The van der Waals surface area contributed by atoms with Crippen LogP contribution in [0.5, 0.6) is 0 Å². The van der Waals surface area contributed by atoms with E-state index in [0.717, 1.165) is 22.2 Å². The highest BCUT2D eigenvalue weighted by molar-refractivity contribution is 5.85. The molecule has 0 bridgehead atoms. The van der Waals surface area contributed by atoms with Crippen molar-refractivity contribution in [1.29, 1.82) is 0 Å². The largest absolute Gasteiger partial charge is 0.268 e. The van der Waals surface area contributed by atoms with E-state index in [4.69, 9.17) is 4.98 Å². The molecule has 0 aliphatic rings. The van der Waals surface area contributed by atoms with Gasteiger partial charge in [-0.25, -0.2) is 14.4 Å². The van der Waals surface area contributed by atoms with E-state index < -0.39 is 0 Å². The van der Waals surface area contributed by atoms with Gasteiger partial charge in [0.15, 0.2) is 0 Å². The number of rotatable bonds is 2. The number of hydrogen-bond donors (Lipinski definition) is 0. The van der Waals surface area contributed by atoms with E-state index >= 15 is 0 Å². The molecule has 0 atom stereocenters. The third-order valence-electron chi connectivity index (χ3n) is 4.63. The van der Waals surface area contributed by atoms with Crippen LogP contribution in [0, 0.1) is 0 Å². The van der Waals surface area contributed by atoms with Crippen molar-refractivity contribution in [3.05, 3.63) is 101 Å². The first-order valence-corrected chi connectivity index (χ1v) is 8.75. The quantitative estimate of drug-likeness (QED) is 0.469. The summed E-state index contributed by atoms with van der Waals surface area (Å²) in [6.07, 6.45) is 0. The molecule has 0 unspecified atom stereocenters. The predicted octanol–water partition coefficient (Wildman–Crippen LogP) is 4.58. The zero-order valence-electron chi connectivity index (χ0n) is 14.4. The van der Waals surface area contributed by atoms with Crippen molar-refractivity contribution in [3.8, 4) is 22.4 Å². The molecular formula is C23H15N3O. The van der Waals surface area contributed by atoms with Crippen LogP contribution in [0.1, 0.15) is 0 Å². The van der Waals surface area contributed by atoms with Gasteiger partial charge in [-0.15, -0.1) is 0 Å². The van der Waals surface area contributed by atoms with E-state index in [1.54, 1.807) is 4.40 Å². The first kappa shape index (κ1) is 15.5. The summed E-state index contributed by atoms with van der Waals surface area (Å²) in [5.74, 6) is 0.416. The lowest BCUT2D eigenvalue weighted by molar-refractivity contribution is 1.09. The Kier molecular flexibility index (Phi) is 3.54. The van der Waals surface area contributed by atoms with Crippen molar-refractivity contribution in [2.45, 2.75) is 0 Å². The number of hydrogen-bond acceptors (Lipinski definition) is 3. The predicted molar refractivity (Wildman–Crippen MR) is 108 cm³/mol. The standard InChI is InChI=1S/C23H15N3O/c27-22-20(16-10-4-1-5-11-16)21(17-12-6-2-7-13-17)25-23-24-18-14-8-3-9-15-19(18)26(22)23/h1-15H. The fourth-order valence-electron chi connectivity index (χ4n) is 3.39. The highest BCUT2D eigenvalue weighted by Crippen LogP contribution is 2.28. The lowest BCUT2D eigenvalue weighted by Gasteiger charge is -2.09. The average molecular weight is 349 g/mol. The van der Waals surface area contributed by atoms with Gasteiger partial charge in [-0.05, 0) is 17.7 Å². The third kappa shape index (κ3) is 2.50. The Morgan fingerprint density at radius 3 is 1.93 bits per heavy atom. The molecule has 0 N–H and O–H groups in total. The number of benzene rings is 2. The van der Waals surface area contributed by atoms with Gasteiger partial charge in [0.25, 0.3) is 5.56 Å². The maximum absolute atomic E-state index is 13.6. The smallest absolute Gasteiger partial charge is 0.268 e. The van der Waals surface area contributed by atoms with Gasteiger partial charge >= 0.3 is 0 Å². The Balaban J connectivity index is 1.97. The molecule has 2 heterocycles. The highest BCUT2D eigenvalue weighted by atomic mass is 16.1. The summed E-state index contributed by atoms with van der Waals surface area (Å²) >= 11 is 0. The Morgan fingerprint density at radius 2 is 1.22 bits per heavy atom. The molecular weight excluding hydrogens is 334 g/mol. The van der Waals surface area contributed by atoms with Crippen LogP contribution in [-0.2, 0) is 0 Å². The number of aromatic nitrogens is 3. The summed E-state index contributed by atoms with van der Waals surface area (Å²) < 4.78 is 1.60. The van der Waals surface area contributed by atoms with E-state index in [1.807, 2.05) is 91.0 Å². The van der Waals surface area contributed by atoms with Crippen molar-refractivity contribution >= 4 is 16.8 Å². The van der Waals surface area contributed by atoms with Crippen LogP contribution in [0.3, 0.4) is 0 Å². The molecule has 0 amide bonds. The fourth-order valence-corrected chi connectivity index (χ4v) is 3.39. The molecule has 2 aromatic heterocycles. The van der Waals surface area contributed by atoms with Crippen LogP contribution in [0.2, 0.25) is 0 Å². The second kappa shape index (κ2) is 6.18. The maximum Gasteiger partial charge on any atom is 0.268 e. The normalized spacial score (nSPS) is 11.1. The molecule has 27 heavy (non-hydrogen) atoms. The number of nitrogens with zero attached hydrogens (tertiary/aromatic N) is 3. The van der Waals surface area contributed by atoms with E-state index in [2.05, 4.69) is 4.98 Å². The number of imidazole rings is 1. The zero-order chi connectivity index (χ0) is 18.2. The Bertz CT molecular complexity index is 1330. The van der Waals surface area contributed by atoms with Crippen LogP contribution in [0.15, 0.2) is 95.8 Å². The summed E-state index contributed by atoms with van der Waals surface area (Å²) in [6.45, 7) is 0. The van der Waals surface area contributed by atoms with E-state index in [0.29, 0.717) is 17.0 Å². The van der Waals surface area contributed by atoms with Crippen LogP contribution in [-0.4, -0.2) is 14.4 Å². The minimum Gasteiger partial charge on any atom is -0.268 e. The van der Waals surface area contributed by atoms with Crippen molar-refractivity contribution in [1.82, 2.24) is 14.4 Å². The molecule has 0 aliphatic heterocycles. The highest BCUT2D eigenvalue weighted by Gasteiger charge is 2.19.